The molecule has 0 spiro atoms. The minimum absolute atomic E-state index is 0.0733. The Morgan fingerprint density at radius 2 is 1.54 bits per heavy atom. The number of amides is 1. The molecule has 182 valence electrons. The van der Waals surface area contributed by atoms with Gasteiger partial charge in [0.25, 0.3) is 5.91 Å². The normalized spacial score (nSPS) is 10.7. The van der Waals surface area contributed by atoms with Crippen LogP contribution in [0.15, 0.2) is 53.4 Å². The Bertz CT molecular complexity index is 1300. The molecule has 0 unspecified atom stereocenters. The molecule has 0 saturated carbocycles. The second kappa shape index (κ2) is 12.0. The van der Waals surface area contributed by atoms with Crippen LogP contribution in [0.4, 0.5) is 5.69 Å². The van der Waals surface area contributed by atoms with E-state index in [4.69, 9.17) is 51.1 Å². The van der Waals surface area contributed by atoms with Gasteiger partial charge in [0.2, 0.25) is 0 Å². The fourth-order valence-corrected chi connectivity index (χ4v) is 4.91. The SMILES string of the molecule is CCOc1ccc(C(=O)CSc2cccc(NC(=O)c3c(Cl)c(Cl)c(Cl)c(Cl)c3C(=O)O)c2)cc1. The van der Waals surface area contributed by atoms with E-state index in [1.54, 1.807) is 48.5 Å². The van der Waals surface area contributed by atoms with Gasteiger partial charge >= 0.3 is 5.97 Å². The Labute approximate surface area is 225 Å². The van der Waals surface area contributed by atoms with Gasteiger partial charge in [-0.25, -0.2) is 4.79 Å². The zero-order valence-electron chi connectivity index (χ0n) is 18.0. The maximum absolute atomic E-state index is 12.9. The van der Waals surface area contributed by atoms with E-state index in [0.717, 1.165) is 0 Å². The average molecular weight is 573 g/mol. The van der Waals surface area contributed by atoms with Gasteiger partial charge in [0.1, 0.15) is 5.75 Å². The Kier molecular flexibility index (Phi) is 9.33. The van der Waals surface area contributed by atoms with Gasteiger partial charge in [-0.2, -0.15) is 0 Å². The van der Waals surface area contributed by atoms with Gasteiger partial charge in [0.05, 0.1) is 43.6 Å². The molecule has 0 aliphatic carbocycles. The highest BCUT2D eigenvalue weighted by molar-refractivity contribution is 8.00. The molecule has 0 radical (unpaired) electrons. The van der Waals surface area contributed by atoms with Gasteiger partial charge in [-0.15, -0.1) is 11.8 Å². The summed E-state index contributed by atoms with van der Waals surface area (Å²) in [6, 6.07) is 13.6. The number of rotatable bonds is 9. The van der Waals surface area contributed by atoms with Crippen molar-refractivity contribution in [2.75, 3.05) is 17.7 Å². The van der Waals surface area contributed by atoms with E-state index in [1.165, 1.54) is 11.8 Å². The molecule has 0 bridgehead atoms. The van der Waals surface area contributed by atoms with Crippen molar-refractivity contribution >= 4 is 81.5 Å². The maximum Gasteiger partial charge on any atom is 0.338 e. The van der Waals surface area contributed by atoms with Gasteiger partial charge in [0.15, 0.2) is 5.78 Å². The monoisotopic (exact) mass is 571 g/mol. The molecule has 6 nitrogen and oxygen atoms in total. The number of aromatic carboxylic acids is 1. The number of hydrogen-bond acceptors (Lipinski definition) is 5. The number of halogens is 4. The van der Waals surface area contributed by atoms with Crippen molar-refractivity contribution in [2.24, 2.45) is 0 Å². The van der Waals surface area contributed by atoms with Crippen LogP contribution in [0.2, 0.25) is 20.1 Å². The number of Topliss-reactive ketones (excluding diaryl/α,β-unsaturated/α-hetero) is 1. The summed E-state index contributed by atoms with van der Waals surface area (Å²) in [5.74, 6) is -1.54. The Morgan fingerprint density at radius 3 is 2.14 bits per heavy atom. The van der Waals surface area contributed by atoms with E-state index in [1.807, 2.05) is 6.92 Å². The molecule has 11 heteroatoms. The first-order valence-electron chi connectivity index (χ1n) is 10.0. The Morgan fingerprint density at radius 1 is 0.914 bits per heavy atom. The topological polar surface area (TPSA) is 92.7 Å². The van der Waals surface area contributed by atoms with Crippen LogP contribution >= 0.6 is 58.2 Å². The van der Waals surface area contributed by atoms with Crippen molar-refractivity contribution in [3.8, 4) is 5.75 Å². The number of hydrogen-bond donors (Lipinski definition) is 2. The molecule has 0 aliphatic heterocycles. The van der Waals surface area contributed by atoms with Gasteiger partial charge in [-0.1, -0.05) is 52.5 Å². The Hall–Kier alpha value is -2.42. The summed E-state index contributed by atoms with van der Waals surface area (Å²) in [5.41, 5.74) is -0.0711. The number of carbonyl (C=O) groups is 3. The lowest BCUT2D eigenvalue weighted by atomic mass is 10.1. The van der Waals surface area contributed by atoms with Crippen LogP contribution in [0.3, 0.4) is 0 Å². The van der Waals surface area contributed by atoms with Crippen molar-refractivity contribution < 1.29 is 24.2 Å². The summed E-state index contributed by atoms with van der Waals surface area (Å²) in [4.78, 5) is 37.9. The first-order chi connectivity index (χ1) is 16.6. The lowest BCUT2D eigenvalue weighted by Crippen LogP contribution is -2.18. The highest BCUT2D eigenvalue weighted by Gasteiger charge is 2.29. The fraction of sp³-hybridized carbons (Fsp3) is 0.125. The van der Waals surface area contributed by atoms with E-state index in [-0.39, 0.29) is 26.6 Å². The van der Waals surface area contributed by atoms with Gasteiger partial charge < -0.3 is 15.2 Å². The Balaban J connectivity index is 1.75. The smallest absolute Gasteiger partial charge is 0.338 e. The third-order valence-electron chi connectivity index (χ3n) is 4.66. The van der Waals surface area contributed by atoms with Crippen LogP contribution in [0, 0.1) is 0 Å². The predicted octanol–water partition coefficient (Wildman–Crippen LogP) is 7.62. The maximum atomic E-state index is 12.9. The van der Waals surface area contributed by atoms with Crippen molar-refractivity contribution in [3.63, 3.8) is 0 Å². The summed E-state index contributed by atoms with van der Waals surface area (Å²) in [6.45, 7) is 2.42. The molecule has 3 aromatic carbocycles. The molecule has 0 saturated heterocycles. The molecule has 0 atom stereocenters. The number of carboxylic acids is 1. The first kappa shape index (κ1) is 27.2. The molecule has 35 heavy (non-hydrogen) atoms. The van der Waals surface area contributed by atoms with E-state index in [9.17, 15) is 19.5 Å². The van der Waals surface area contributed by atoms with Gasteiger partial charge in [-0.3, -0.25) is 9.59 Å². The summed E-state index contributed by atoms with van der Waals surface area (Å²) in [7, 11) is 0. The molecule has 0 heterocycles. The van der Waals surface area contributed by atoms with Crippen molar-refractivity contribution in [1.82, 2.24) is 0 Å². The lowest BCUT2D eigenvalue weighted by molar-refractivity contribution is 0.0692. The molecular formula is C24H17Cl4NO5S. The first-order valence-corrected chi connectivity index (χ1v) is 12.5. The van der Waals surface area contributed by atoms with Gasteiger partial charge in [0, 0.05) is 16.1 Å². The number of carboxylic acid groups (broad SMARTS) is 1. The molecule has 2 N–H and O–H groups in total. The zero-order valence-corrected chi connectivity index (χ0v) is 21.9. The van der Waals surface area contributed by atoms with E-state index >= 15 is 0 Å². The van der Waals surface area contributed by atoms with E-state index < -0.39 is 28.0 Å². The second-order valence-corrected chi connectivity index (χ2v) is 9.52. The molecule has 3 aromatic rings. The van der Waals surface area contributed by atoms with Crippen molar-refractivity contribution in [2.45, 2.75) is 11.8 Å². The number of thioether (sulfide) groups is 1. The molecule has 1 amide bonds. The third-order valence-corrected chi connectivity index (χ3v) is 7.45. The standard InChI is InChI=1S/C24H17Cl4NO5S/c1-2-34-14-8-6-12(7-9-14)16(30)11-35-15-5-3-4-13(10-15)29-23(31)17-18(24(32)33)20(26)22(28)21(27)19(17)25/h3-10H,2,11H2,1H3,(H,29,31)(H,32,33). The van der Waals surface area contributed by atoms with Crippen LogP contribution in [0.1, 0.15) is 38.0 Å². The van der Waals surface area contributed by atoms with Gasteiger partial charge in [-0.05, 0) is 49.4 Å². The van der Waals surface area contributed by atoms with Crippen LogP contribution in [0.5, 0.6) is 5.75 Å². The van der Waals surface area contributed by atoms with E-state index in [2.05, 4.69) is 5.32 Å². The van der Waals surface area contributed by atoms with Crippen molar-refractivity contribution in [1.29, 1.82) is 0 Å². The summed E-state index contributed by atoms with van der Waals surface area (Å²) >= 11 is 25.4. The largest absolute Gasteiger partial charge is 0.494 e. The van der Waals surface area contributed by atoms with Crippen LogP contribution < -0.4 is 10.1 Å². The quantitative estimate of drug-likeness (QED) is 0.118. The number of nitrogens with one attached hydrogen (secondary N) is 1. The summed E-state index contributed by atoms with van der Waals surface area (Å²) in [6.07, 6.45) is 0. The fourth-order valence-electron chi connectivity index (χ4n) is 3.04. The number of anilines is 1. The molecule has 0 aliphatic rings. The molecular weight excluding hydrogens is 556 g/mol. The molecule has 0 aromatic heterocycles. The predicted molar refractivity (Wildman–Crippen MR) is 141 cm³/mol. The molecule has 0 fully saturated rings. The minimum Gasteiger partial charge on any atom is -0.494 e. The zero-order chi connectivity index (χ0) is 25.7. The van der Waals surface area contributed by atoms with Crippen LogP contribution in [0.25, 0.3) is 0 Å². The minimum atomic E-state index is -1.49. The highest BCUT2D eigenvalue weighted by Crippen LogP contribution is 2.42. The van der Waals surface area contributed by atoms with E-state index in [0.29, 0.717) is 28.5 Å². The molecule has 3 rings (SSSR count). The highest BCUT2D eigenvalue weighted by atomic mass is 35.5. The summed E-state index contributed by atoms with van der Waals surface area (Å²) in [5, 5.41) is 10.9. The third kappa shape index (κ3) is 6.42. The lowest BCUT2D eigenvalue weighted by Gasteiger charge is -2.14. The number of benzene rings is 3. The number of ether oxygens (including phenoxy) is 1. The van der Waals surface area contributed by atoms with Crippen molar-refractivity contribution in [3.05, 3.63) is 85.3 Å². The number of carbonyl (C=O) groups excluding carboxylic acids is 2. The second-order valence-electron chi connectivity index (χ2n) is 6.96. The average Bonchev–Trinajstić information content (AvgIpc) is 2.83. The van der Waals surface area contributed by atoms with Crippen LogP contribution in [-0.4, -0.2) is 35.1 Å². The summed E-state index contributed by atoms with van der Waals surface area (Å²) < 4.78 is 5.38. The van der Waals surface area contributed by atoms with Crippen LogP contribution in [-0.2, 0) is 0 Å². The number of ketones is 1.